The number of rotatable bonds is 12. The molecule has 5 atom stereocenters. The highest BCUT2D eigenvalue weighted by Gasteiger charge is 2.47. The highest BCUT2D eigenvalue weighted by Crippen LogP contribution is 2.44. The van der Waals surface area contributed by atoms with Crippen molar-refractivity contribution in [2.45, 2.75) is 76.6 Å². The molecule has 2 heterocycles. The van der Waals surface area contributed by atoms with Crippen LogP contribution in [0, 0.1) is 11.8 Å². The lowest BCUT2D eigenvalue weighted by molar-refractivity contribution is -0.137. The van der Waals surface area contributed by atoms with Gasteiger partial charge in [-0.05, 0) is 44.4 Å². The minimum Gasteiger partial charge on any atom is -0.481 e. The molecule has 2 bridgehead atoms. The van der Waals surface area contributed by atoms with E-state index in [1.807, 2.05) is 0 Å². The van der Waals surface area contributed by atoms with Crippen LogP contribution in [0.2, 0.25) is 0 Å². The molecule has 0 saturated carbocycles. The maximum Gasteiger partial charge on any atom is 0.303 e. The van der Waals surface area contributed by atoms with Gasteiger partial charge in [-0.15, -0.1) is 0 Å². The van der Waals surface area contributed by atoms with Crippen molar-refractivity contribution < 1.29 is 19.7 Å². The van der Waals surface area contributed by atoms with Crippen LogP contribution in [0.15, 0.2) is 12.2 Å². The molecule has 0 radical (unpaired) electrons. The third kappa shape index (κ3) is 5.87. The Kier molecular flexibility index (Phi) is 8.22. The van der Waals surface area contributed by atoms with Gasteiger partial charge in [0.2, 0.25) is 0 Å². The third-order valence-corrected chi connectivity index (χ3v) is 5.31. The van der Waals surface area contributed by atoms with E-state index in [1.165, 1.54) is 0 Å². The van der Waals surface area contributed by atoms with E-state index in [1.54, 1.807) is 0 Å². The van der Waals surface area contributed by atoms with Gasteiger partial charge in [-0.25, -0.2) is 0 Å². The Bertz CT molecular complexity index is 412. The van der Waals surface area contributed by atoms with Gasteiger partial charge in [-0.2, -0.15) is 0 Å². The number of carboxylic acids is 1. The zero-order valence-electron chi connectivity index (χ0n) is 14.8. The largest absolute Gasteiger partial charge is 0.481 e. The van der Waals surface area contributed by atoms with Gasteiger partial charge in [0, 0.05) is 25.4 Å². The second-order valence-electron chi connectivity index (χ2n) is 7.21. The molecule has 0 aromatic rings. The second-order valence-corrected chi connectivity index (χ2v) is 7.21. The number of hydrogen-bond donors (Lipinski definition) is 3. The van der Waals surface area contributed by atoms with Gasteiger partial charge < -0.3 is 20.3 Å². The lowest BCUT2D eigenvalue weighted by Gasteiger charge is -2.28. The van der Waals surface area contributed by atoms with Crippen molar-refractivity contribution in [2.75, 3.05) is 13.1 Å². The normalized spacial score (nSPS) is 30.2. The van der Waals surface area contributed by atoms with Crippen LogP contribution in [-0.4, -0.2) is 47.6 Å². The van der Waals surface area contributed by atoms with E-state index in [-0.39, 0.29) is 12.5 Å². The fraction of sp³-hybridized carbons (Fsp3) is 0.842. The first-order valence-corrected chi connectivity index (χ1v) is 9.52. The third-order valence-electron chi connectivity index (χ3n) is 5.31. The van der Waals surface area contributed by atoms with Crippen molar-refractivity contribution in [3.05, 3.63) is 12.2 Å². The number of allylic oxidation sites excluding steroid dienone is 2. The molecule has 2 aliphatic heterocycles. The van der Waals surface area contributed by atoms with Crippen molar-refractivity contribution in [3.63, 3.8) is 0 Å². The van der Waals surface area contributed by atoms with E-state index >= 15 is 0 Å². The number of hydrogen-bond acceptors (Lipinski definition) is 4. The van der Waals surface area contributed by atoms with Gasteiger partial charge in [0.15, 0.2) is 0 Å². The van der Waals surface area contributed by atoms with Crippen LogP contribution in [0.5, 0.6) is 0 Å². The fourth-order valence-electron chi connectivity index (χ4n) is 4.07. The molecule has 1 unspecified atom stereocenters. The van der Waals surface area contributed by atoms with E-state index in [0.717, 1.165) is 45.1 Å². The first kappa shape index (κ1) is 19.4. The molecule has 0 spiro atoms. The van der Waals surface area contributed by atoms with E-state index in [4.69, 9.17) is 9.84 Å². The summed E-state index contributed by atoms with van der Waals surface area (Å²) < 4.78 is 6.10. The Hall–Kier alpha value is -0.910. The highest BCUT2D eigenvalue weighted by molar-refractivity contribution is 5.66. The summed E-state index contributed by atoms with van der Waals surface area (Å²) >= 11 is 0. The number of carboxylic acid groups (broad SMARTS) is 1. The van der Waals surface area contributed by atoms with Gasteiger partial charge in [0.1, 0.15) is 0 Å². The van der Waals surface area contributed by atoms with Crippen molar-refractivity contribution >= 4 is 5.97 Å². The number of carbonyl (C=O) groups is 1. The van der Waals surface area contributed by atoms with E-state index < -0.39 is 5.97 Å². The Labute approximate surface area is 145 Å². The highest BCUT2D eigenvalue weighted by atomic mass is 16.5. The monoisotopic (exact) mass is 339 g/mol. The number of fused-ring (bicyclic) bond motifs is 2. The summed E-state index contributed by atoms with van der Waals surface area (Å²) in [4.78, 5) is 10.5. The first-order valence-electron chi connectivity index (χ1n) is 9.52. The van der Waals surface area contributed by atoms with Crippen LogP contribution in [0.3, 0.4) is 0 Å². The molecule has 0 amide bonds. The summed E-state index contributed by atoms with van der Waals surface area (Å²) in [6.45, 7) is 3.67. The van der Waals surface area contributed by atoms with Crippen LogP contribution in [0.25, 0.3) is 0 Å². The van der Waals surface area contributed by atoms with Crippen LogP contribution in [-0.2, 0) is 9.53 Å². The predicted octanol–water partition coefficient (Wildman–Crippen LogP) is 2.73. The van der Waals surface area contributed by atoms with Gasteiger partial charge in [0.05, 0.1) is 18.3 Å². The second kappa shape index (κ2) is 10.2. The minimum atomic E-state index is -0.721. The molecular formula is C19H33NO4. The van der Waals surface area contributed by atoms with Crippen molar-refractivity contribution in [1.82, 2.24) is 5.32 Å². The zero-order chi connectivity index (χ0) is 17.4. The Morgan fingerprint density at radius 1 is 1.29 bits per heavy atom. The number of aliphatic carboxylic acids is 1. The zero-order valence-corrected chi connectivity index (χ0v) is 14.8. The quantitative estimate of drug-likeness (QED) is 0.376. The van der Waals surface area contributed by atoms with Crippen LogP contribution < -0.4 is 5.32 Å². The van der Waals surface area contributed by atoms with Crippen LogP contribution >= 0.6 is 0 Å². The predicted molar refractivity (Wildman–Crippen MR) is 93.9 cm³/mol. The molecule has 0 aromatic heterocycles. The summed E-state index contributed by atoms with van der Waals surface area (Å²) in [5.41, 5.74) is 0. The average Bonchev–Trinajstić information content (AvgIpc) is 3.12. The number of ether oxygens (including phenoxy) is 1. The molecule has 0 aromatic carbocycles. The summed E-state index contributed by atoms with van der Waals surface area (Å²) in [7, 11) is 0. The molecule has 2 aliphatic rings. The maximum atomic E-state index is 10.5. The average molecular weight is 339 g/mol. The van der Waals surface area contributed by atoms with Gasteiger partial charge >= 0.3 is 5.97 Å². The number of nitrogens with one attached hydrogen (secondary N) is 1. The smallest absolute Gasteiger partial charge is 0.303 e. The van der Waals surface area contributed by atoms with Crippen molar-refractivity contribution in [3.8, 4) is 0 Å². The summed E-state index contributed by atoms with van der Waals surface area (Å²) in [5.74, 6) is 0.359. The Morgan fingerprint density at radius 2 is 2.04 bits per heavy atom. The first-order chi connectivity index (χ1) is 11.6. The summed E-state index contributed by atoms with van der Waals surface area (Å²) in [5, 5.41) is 21.9. The lowest BCUT2D eigenvalue weighted by Crippen LogP contribution is -2.38. The van der Waals surface area contributed by atoms with Gasteiger partial charge in [0.25, 0.3) is 0 Å². The van der Waals surface area contributed by atoms with Gasteiger partial charge in [-0.3, -0.25) is 4.79 Å². The minimum absolute atomic E-state index is 0.244. The maximum absolute atomic E-state index is 10.5. The molecule has 138 valence electrons. The van der Waals surface area contributed by atoms with Gasteiger partial charge in [-0.1, -0.05) is 25.5 Å². The molecule has 5 heteroatoms. The number of aliphatic hydroxyl groups excluding tert-OH is 1. The van der Waals surface area contributed by atoms with E-state index in [2.05, 4.69) is 24.4 Å². The van der Waals surface area contributed by atoms with E-state index in [9.17, 15) is 9.90 Å². The van der Waals surface area contributed by atoms with Crippen molar-refractivity contribution in [1.29, 1.82) is 0 Å². The number of aliphatic hydroxyl groups is 1. The lowest BCUT2D eigenvalue weighted by atomic mass is 9.77. The molecule has 2 saturated heterocycles. The SMILES string of the molecule is CCCC(O)CNC[C@H]1[C@@H](C/C=C\CCCC(=O)O)[C@H]2CC[C@@H]1O2. The Morgan fingerprint density at radius 3 is 2.75 bits per heavy atom. The van der Waals surface area contributed by atoms with Crippen molar-refractivity contribution in [2.24, 2.45) is 11.8 Å². The standard InChI is InChI=1S/C19H33NO4/c1-2-7-14(21)12-20-13-16-15(17-10-11-18(16)24-17)8-5-3-4-6-9-19(22)23/h3,5,14-18,20-21H,2,4,6-13H2,1H3,(H,22,23)/b5-3-/t14?,15-,16+,17-,18+/m1/s1. The summed E-state index contributed by atoms with van der Waals surface area (Å²) in [6, 6.07) is 0. The molecule has 0 aliphatic carbocycles. The molecule has 5 nitrogen and oxygen atoms in total. The fourth-order valence-corrected chi connectivity index (χ4v) is 4.07. The topological polar surface area (TPSA) is 78.8 Å². The van der Waals surface area contributed by atoms with E-state index in [0.29, 0.717) is 37.0 Å². The molecule has 2 rings (SSSR count). The number of unbranched alkanes of at least 4 members (excludes halogenated alkanes) is 1. The van der Waals surface area contributed by atoms with Crippen LogP contribution in [0.4, 0.5) is 0 Å². The molecule has 2 fully saturated rings. The molecular weight excluding hydrogens is 306 g/mol. The molecule has 24 heavy (non-hydrogen) atoms. The molecule has 3 N–H and O–H groups in total. The summed E-state index contributed by atoms with van der Waals surface area (Å²) in [6.07, 6.45) is 11.8. The Balaban J connectivity index is 1.71. The van der Waals surface area contributed by atoms with Crippen LogP contribution in [0.1, 0.15) is 58.3 Å².